The summed E-state index contributed by atoms with van der Waals surface area (Å²) in [7, 11) is 0. The SMILES string of the molecule is Cc1ccc2nc(C(=O)N3CCCC(CC(=O)Nc4ccc5nc(C)sc5c4)C3)cn2c1. The standard InChI is InChI=1S/C24H25N5O2S/c1-15-5-8-22-27-20(14-29(22)12-15)24(31)28-9-3-4-17(13-28)10-23(30)26-18-6-7-19-21(11-18)32-16(2)25-19/h5-8,11-12,14,17H,3-4,9-10,13H2,1-2H3,(H,26,30). The number of anilines is 1. The number of piperidine rings is 1. The average Bonchev–Trinajstić information content (AvgIpc) is 3.35. The topological polar surface area (TPSA) is 79.6 Å². The fourth-order valence-corrected chi connectivity index (χ4v) is 5.24. The van der Waals surface area contributed by atoms with Crippen molar-refractivity contribution in [2.45, 2.75) is 33.1 Å². The molecule has 1 N–H and O–H groups in total. The van der Waals surface area contributed by atoms with Gasteiger partial charge in [0.15, 0.2) is 0 Å². The van der Waals surface area contributed by atoms with Crippen molar-refractivity contribution >= 4 is 44.7 Å². The zero-order valence-corrected chi connectivity index (χ0v) is 19.0. The number of carbonyl (C=O) groups excluding carboxylic acids is 2. The third-order valence-corrected chi connectivity index (χ3v) is 6.81. The summed E-state index contributed by atoms with van der Waals surface area (Å²) in [6.45, 7) is 5.27. The van der Waals surface area contributed by atoms with Gasteiger partial charge in [0.2, 0.25) is 5.91 Å². The number of fused-ring (bicyclic) bond motifs is 2. The normalized spacial score (nSPS) is 16.6. The zero-order valence-electron chi connectivity index (χ0n) is 18.2. The van der Waals surface area contributed by atoms with Gasteiger partial charge in [-0.05, 0) is 62.4 Å². The zero-order chi connectivity index (χ0) is 22.2. The summed E-state index contributed by atoms with van der Waals surface area (Å²) in [6.07, 6.45) is 5.98. The number of benzene rings is 1. The van der Waals surface area contributed by atoms with E-state index < -0.39 is 0 Å². The molecular weight excluding hydrogens is 422 g/mol. The number of carbonyl (C=O) groups is 2. The fourth-order valence-electron chi connectivity index (χ4n) is 4.38. The molecule has 3 aromatic heterocycles. The van der Waals surface area contributed by atoms with Gasteiger partial charge in [0.05, 0.1) is 15.2 Å². The largest absolute Gasteiger partial charge is 0.337 e. The van der Waals surface area contributed by atoms with E-state index in [0.717, 1.165) is 45.0 Å². The van der Waals surface area contributed by atoms with E-state index in [1.165, 1.54) is 0 Å². The number of imidazole rings is 1. The van der Waals surface area contributed by atoms with Gasteiger partial charge in [-0.25, -0.2) is 9.97 Å². The molecule has 1 aliphatic heterocycles. The predicted molar refractivity (Wildman–Crippen MR) is 126 cm³/mol. The van der Waals surface area contributed by atoms with Gasteiger partial charge in [0, 0.05) is 37.6 Å². The molecule has 0 bridgehead atoms. The molecule has 0 aliphatic carbocycles. The van der Waals surface area contributed by atoms with Gasteiger partial charge in [-0.1, -0.05) is 6.07 Å². The fraction of sp³-hybridized carbons (Fsp3) is 0.333. The van der Waals surface area contributed by atoms with Crippen LogP contribution in [0.2, 0.25) is 0 Å². The van der Waals surface area contributed by atoms with Gasteiger partial charge in [0.25, 0.3) is 5.91 Å². The number of hydrogen-bond acceptors (Lipinski definition) is 5. The van der Waals surface area contributed by atoms with Gasteiger partial charge < -0.3 is 14.6 Å². The number of thiazole rings is 1. The van der Waals surface area contributed by atoms with E-state index in [9.17, 15) is 9.59 Å². The maximum absolute atomic E-state index is 13.0. The van der Waals surface area contributed by atoms with Crippen LogP contribution >= 0.6 is 11.3 Å². The second-order valence-electron chi connectivity index (χ2n) is 8.53. The molecule has 0 saturated carbocycles. The molecule has 164 valence electrons. The monoisotopic (exact) mass is 447 g/mol. The van der Waals surface area contributed by atoms with Crippen LogP contribution in [0.15, 0.2) is 42.7 Å². The number of nitrogens with one attached hydrogen (secondary N) is 1. The van der Waals surface area contributed by atoms with Gasteiger partial charge in [-0.3, -0.25) is 9.59 Å². The van der Waals surface area contributed by atoms with E-state index in [-0.39, 0.29) is 17.7 Å². The Hall–Kier alpha value is -3.26. The highest BCUT2D eigenvalue weighted by atomic mass is 32.1. The number of amides is 2. The second kappa shape index (κ2) is 8.35. The molecule has 32 heavy (non-hydrogen) atoms. The van der Waals surface area contributed by atoms with Crippen LogP contribution in [0.3, 0.4) is 0 Å². The van der Waals surface area contributed by atoms with Crippen LogP contribution in [-0.4, -0.2) is 44.2 Å². The maximum atomic E-state index is 13.0. The molecule has 2 amide bonds. The smallest absolute Gasteiger partial charge is 0.274 e. The molecule has 1 saturated heterocycles. The Kier molecular flexibility index (Phi) is 5.38. The number of aryl methyl sites for hydroxylation is 2. The molecule has 8 heteroatoms. The molecule has 1 unspecified atom stereocenters. The average molecular weight is 448 g/mol. The lowest BCUT2D eigenvalue weighted by molar-refractivity contribution is -0.117. The van der Waals surface area contributed by atoms with Crippen LogP contribution in [0.4, 0.5) is 5.69 Å². The van der Waals surface area contributed by atoms with Gasteiger partial charge in [-0.15, -0.1) is 11.3 Å². The molecule has 7 nitrogen and oxygen atoms in total. The molecule has 1 aliphatic rings. The molecule has 0 spiro atoms. The Morgan fingerprint density at radius 2 is 2.03 bits per heavy atom. The summed E-state index contributed by atoms with van der Waals surface area (Å²) in [4.78, 5) is 36.5. The van der Waals surface area contributed by atoms with E-state index >= 15 is 0 Å². The molecule has 1 atom stereocenters. The van der Waals surface area contributed by atoms with Crippen molar-refractivity contribution < 1.29 is 9.59 Å². The highest BCUT2D eigenvalue weighted by Gasteiger charge is 2.27. The van der Waals surface area contributed by atoms with Crippen LogP contribution < -0.4 is 5.32 Å². The Balaban J connectivity index is 1.22. The minimum Gasteiger partial charge on any atom is -0.337 e. The molecular formula is C24H25N5O2S. The summed E-state index contributed by atoms with van der Waals surface area (Å²) in [5.41, 5.74) is 4.07. The van der Waals surface area contributed by atoms with Gasteiger partial charge in [-0.2, -0.15) is 0 Å². The first-order chi connectivity index (χ1) is 15.4. The highest BCUT2D eigenvalue weighted by molar-refractivity contribution is 7.18. The third kappa shape index (κ3) is 4.23. The second-order valence-corrected chi connectivity index (χ2v) is 9.76. The Bertz CT molecular complexity index is 1320. The molecule has 4 heterocycles. The van der Waals surface area contributed by atoms with Gasteiger partial charge in [0.1, 0.15) is 11.3 Å². The molecule has 5 rings (SSSR count). The lowest BCUT2D eigenvalue weighted by Gasteiger charge is -2.32. The first kappa shape index (κ1) is 20.6. The summed E-state index contributed by atoms with van der Waals surface area (Å²) in [6, 6.07) is 9.70. The Morgan fingerprint density at radius 3 is 2.91 bits per heavy atom. The van der Waals surface area contributed by atoms with Crippen molar-refractivity contribution in [1.82, 2.24) is 19.3 Å². The lowest BCUT2D eigenvalue weighted by atomic mass is 9.94. The Labute approximate surface area is 190 Å². The van der Waals surface area contributed by atoms with E-state index in [2.05, 4.69) is 15.3 Å². The molecule has 1 fully saturated rings. The number of aromatic nitrogens is 3. The van der Waals surface area contributed by atoms with E-state index in [4.69, 9.17) is 0 Å². The van der Waals surface area contributed by atoms with E-state index in [0.29, 0.717) is 25.2 Å². The molecule has 1 aromatic carbocycles. The van der Waals surface area contributed by atoms with Crippen LogP contribution in [0.1, 0.15) is 40.3 Å². The van der Waals surface area contributed by atoms with Crippen LogP contribution in [0.5, 0.6) is 0 Å². The first-order valence-corrected chi connectivity index (χ1v) is 11.7. The Morgan fingerprint density at radius 1 is 1.16 bits per heavy atom. The number of rotatable bonds is 4. The van der Waals surface area contributed by atoms with Crippen molar-refractivity contribution in [3.8, 4) is 0 Å². The van der Waals surface area contributed by atoms with Crippen LogP contribution in [0.25, 0.3) is 15.9 Å². The highest BCUT2D eigenvalue weighted by Crippen LogP contribution is 2.26. The summed E-state index contributed by atoms with van der Waals surface area (Å²) < 4.78 is 2.95. The number of pyridine rings is 1. The van der Waals surface area contributed by atoms with Crippen molar-refractivity contribution in [3.05, 3.63) is 59.0 Å². The number of hydrogen-bond donors (Lipinski definition) is 1. The third-order valence-electron chi connectivity index (χ3n) is 5.88. The molecule has 0 radical (unpaired) electrons. The van der Waals surface area contributed by atoms with Crippen molar-refractivity contribution in [1.29, 1.82) is 0 Å². The minimum absolute atomic E-state index is 0.0203. The summed E-state index contributed by atoms with van der Waals surface area (Å²) in [5.74, 6) is 0.0527. The van der Waals surface area contributed by atoms with E-state index in [1.54, 1.807) is 17.5 Å². The maximum Gasteiger partial charge on any atom is 0.274 e. The molecule has 4 aromatic rings. The summed E-state index contributed by atoms with van der Waals surface area (Å²) >= 11 is 1.62. The number of likely N-dealkylation sites (tertiary alicyclic amines) is 1. The quantitative estimate of drug-likeness (QED) is 0.502. The van der Waals surface area contributed by atoms with Crippen LogP contribution in [-0.2, 0) is 4.79 Å². The van der Waals surface area contributed by atoms with Crippen molar-refractivity contribution in [3.63, 3.8) is 0 Å². The van der Waals surface area contributed by atoms with Crippen molar-refractivity contribution in [2.24, 2.45) is 5.92 Å². The summed E-state index contributed by atoms with van der Waals surface area (Å²) in [5, 5.41) is 4.02. The van der Waals surface area contributed by atoms with E-state index in [1.807, 2.05) is 59.7 Å². The van der Waals surface area contributed by atoms with Gasteiger partial charge >= 0.3 is 0 Å². The first-order valence-electron chi connectivity index (χ1n) is 10.9. The lowest BCUT2D eigenvalue weighted by Crippen LogP contribution is -2.41. The number of nitrogens with zero attached hydrogens (tertiary/aromatic N) is 4. The van der Waals surface area contributed by atoms with Crippen molar-refractivity contribution in [2.75, 3.05) is 18.4 Å². The predicted octanol–water partition coefficient (Wildman–Crippen LogP) is 4.44. The minimum atomic E-state index is -0.0671. The van der Waals surface area contributed by atoms with Crippen LogP contribution in [0, 0.1) is 19.8 Å².